The van der Waals surface area contributed by atoms with E-state index in [-0.39, 0.29) is 5.91 Å². The number of ether oxygens (including phenoxy) is 2. The Morgan fingerprint density at radius 1 is 1.53 bits per heavy atom. The van der Waals surface area contributed by atoms with Crippen LogP contribution >= 0.6 is 11.6 Å². The second-order valence-corrected chi connectivity index (χ2v) is 5.16. The molecule has 19 heavy (non-hydrogen) atoms. The molecule has 1 N–H and O–H groups in total. The summed E-state index contributed by atoms with van der Waals surface area (Å²) in [5.41, 5.74) is 0.637. The van der Waals surface area contributed by atoms with Gasteiger partial charge in [-0.15, -0.1) is 0 Å². The van der Waals surface area contributed by atoms with Crippen molar-refractivity contribution in [3.63, 3.8) is 0 Å². The number of hydrogen-bond donors (Lipinski definition) is 1. The van der Waals surface area contributed by atoms with E-state index in [1.807, 2.05) is 0 Å². The number of halogens is 1. The van der Waals surface area contributed by atoms with Crippen LogP contribution in [0.15, 0.2) is 18.2 Å². The lowest BCUT2D eigenvalue weighted by Gasteiger charge is -2.13. The van der Waals surface area contributed by atoms with Crippen molar-refractivity contribution in [3.8, 4) is 5.75 Å². The van der Waals surface area contributed by atoms with Gasteiger partial charge in [0.25, 0.3) is 5.91 Å². The topological polar surface area (TPSA) is 47.6 Å². The predicted octanol–water partition coefficient (Wildman–Crippen LogP) is 3.10. The molecule has 5 heteroatoms. The zero-order chi connectivity index (χ0) is 13.8. The summed E-state index contributed by atoms with van der Waals surface area (Å²) in [4.78, 5) is 11.9. The van der Waals surface area contributed by atoms with Crippen LogP contribution in [-0.2, 0) is 9.53 Å². The third-order valence-electron chi connectivity index (χ3n) is 3.07. The fourth-order valence-corrected chi connectivity index (χ4v) is 1.89. The largest absolute Gasteiger partial charge is 0.495 e. The first-order chi connectivity index (χ1) is 9.10. The van der Waals surface area contributed by atoms with Crippen molar-refractivity contribution in [2.75, 3.05) is 19.0 Å². The Bertz CT molecular complexity index is 460. The Hall–Kier alpha value is -1.26. The number of benzene rings is 1. The van der Waals surface area contributed by atoms with Crippen LogP contribution in [0.2, 0.25) is 5.02 Å². The van der Waals surface area contributed by atoms with E-state index in [0.29, 0.717) is 29.0 Å². The number of hydrogen-bond acceptors (Lipinski definition) is 3. The SMILES string of the molecule is COc1ccc(NC(=O)C(C)OCC2CC2)cc1Cl. The van der Waals surface area contributed by atoms with Crippen LogP contribution in [0.5, 0.6) is 5.75 Å². The van der Waals surface area contributed by atoms with Crippen molar-refractivity contribution in [2.45, 2.75) is 25.9 Å². The molecule has 2 rings (SSSR count). The first kappa shape index (κ1) is 14.2. The number of carbonyl (C=O) groups is 1. The molecule has 0 aromatic heterocycles. The lowest BCUT2D eigenvalue weighted by Crippen LogP contribution is -2.28. The minimum absolute atomic E-state index is 0.165. The molecule has 1 aromatic carbocycles. The molecular formula is C14H18ClNO3. The van der Waals surface area contributed by atoms with Crippen LogP contribution in [0.3, 0.4) is 0 Å². The van der Waals surface area contributed by atoms with Gasteiger partial charge in [0.1, 0.15) is 11.9 Å². The van der Waals surface area contributed by atoms with Gasteiger partial charge in [-0.05, 0) is 43.9 Å². The van der Waals surface area contributed by atoms with Crippen molar-refractivity contribution < 1.29 is 14.3 Å². The number of amides is 1. The van der Waals surface area contributed by atoms with Crippen molar-refractivity contribution in [3.05, 3.63) is 23.2 Å². The van der Waals surface area contributed by atoms with Crippen LogP contribution in [0, 0.1) is 5.92 Å². The first-order valence-corrected chi connectivity index (χ1v) is 6.74. The number of carbonyl (C=O) groups excluding carboxylic acids is 1. The Balaban J connectivity index is 1.88. The molecule has 1 saturated carbocycles. The maximum atomic E-state index is 11.9. The highest BCUT2D eigenvalue weighted by molar-refractivity contribution is 6.32. The highest BCUT2D eigenvalue weighted by Gasteiger charge is 2.24. The maximum absolute atomic E-state index is 11.9. The zero-order valence-electron chi connectivity index (χ0n) is 11.1. The molecule has 0 bridgehead atoms. The van der Waals surface area contributed by atoms with E-state index in [1.165, 1.54) is 12.8 Å². The summed E-state index contributed by atoms with van der Waals surface area (Å²) >= 11 is 6.00. The minimum atomic E-state index is -0.457. The molecule has 1 fully saturated rings. The third-order valence-corrected chi connectivity index (χ3v) is 3.36. The molecule has 1 aliphatic carbocycles. The van der Waals surface area contributed by atoms with Gasteiger partial charge in [-0.3, -0.25) is 4.79 Å². The van der Waals surface area contributed by atoms with E-state index in [9.17, 15) is 4.79 Å². The highest BCUT2D eigenvalue weighted by atomic mass is 35.5. The maximum Gasteiger partial charge on any atom is 0.253 e. The predicted molar refractivity (Wildman–Crippen MR) is 74.8 cm³/mol. The van der Waals surface area contributed by atoms with Crippen LogP contribution < -0.4 is 10.1 Å². The molecule has 1 atom stereocenters. The summed E-state index contributed by atoms with van der Waals surface area (Å²) in [6, 6.07) is 5.12. The van der Waals surface area contributed by atoms with Crippen LogP contribution in [0.4, 0.5) is 5.69 Å². The van der Waals surface area contributed by atoms with Gasteiger partial charge in [-0.25, -0.2) is 0 Å². The lowest BCUT2D eigenvalue weighted by atomic mass is 10.2. The van der Waals surface area contributed by atoms with Crippen molar-refractivity contribution in [1.82, 2.24) is 0 Å². The number of methoxy groups -OCH3 is 1. The second kappa shape index (κ2) is 6.26. The summed E-state index contributed by atoms with van der Waals surface area (Å²) in [5, 5.41) is 3.24. The van der Waals surface area contributed by atoms with Crippen LogP contribution in [0.25, 0.3) is 0 Å². The number of anilines is 1. The molecule has 0 heterocycles. The van der Waals surface area contributed by atoms with E-state index in [2.05, 4.69) is 5.32 Å². The zero-order valence-corrected chi connectivity index (χ0v) is 11.9. The van der Waals surface area contributed by atoms with Gasteiger partial charge in [-0.2, -0.15) is 0 Å². The quantitative estimate of drug-likeness (QED) is 0.873. The summed E-state index contributed by atoms with van der Waals surface area (Å²) in [5.74, 6) is 1.06. The molecule has 1 amide bonds. The van der Waals surface area contributed by atoms with Gasteiger partial charge < -0.3 is 14.8 Å². The molecule has 0 aliphatic heterocycles. The molecule has 0 radical (unpaired) electrons. The van der Waals surface area contributed by atoms with Gasteiger partial charge in [0.15, 0.2) is 0 Å². The van der Waals surface area contributed by atoms with E-state index in [1.54, 1.807) is 32.2 Å². The first-order valence-electron chi connectivity index (χ1n) is 6.36. The minimum Gasteiger partial charge on any atom is -0.495 e. The summed E-state index contributed by atoms with van der Waals surface area (Å²) < 4.78 is 10.6. The van der Waals surface area contributed by atoms with Gasteiger partial charge in [0.05, 0.1) is 18.7 Å². The number of nitrogens with one attached hydrogen (secondary N) is 1. The summed E-state index contributed by atoms with van der Waals surface area (Å²) in [6.07, 6.45) is 1.96. The van der Waals surface area contributed by atoms with E-state index in [0.717, 1.165) is 0 Å². The van der Waals surface area contributed by atoms with Gasteiger partial charge in [-0.1, -0.05) is 11.6 Å². The van der Waals surface area contributed by atoms with Gasteiger partial charge in [0.2, 0.25) is 0 Å². The van der Waals surface area contributed by atoms with Crippen molar-refractivity contribution >= 4 is 23.2 Å². The standard InChI is InChI=1S/C14H18ClNO3/c1-9(19-8-10-3-4-10)14(17)16-11-5-6-13(18-2)12(15)7-11/h5-7,9-10H,3-4,8H2,1-2H3,(H,16,17). The Labute approximate surface area is 118 Å². The molecule has 0 spiro atoms. The fourth-order valence-electron chi connectivity index (χ4n) is 1.63. The normalized spacial score (nSPS) is 15.9. The fraction of sp³-hybridized carbons (Fsp3) is 0.500. The molecule has 4 nitrogen and oxygen atoms in total. The van der Waals surface area contributed by atoms with E-state index in [4.69, 9.17) is 21.1 Å². The molecule has 1 aliphatic rings. The van der Waals surface area contributed by atoms with Gasteiger partial charge >= 0.3 is 0 Å². The van der Waals surface area contributed by atoms with Gasteiger partial charge in [0, 0.05) is 5.69 Å². The lowest BCUT2D eigenvalue weighted by molar-refractivity contribution is -0.126. The van der Waals surface area contributed by atoms with Crippen molar-refractivity contribution in [1.29, 1.82) is 0 Å². The third kappa shape index (κ3) is 4.11. The molecule has 104 valence electrons. The second-order valence-electron chi connectivity index (χ2n) is 4.76. The average Bonchev–Trinajstić information content (AvgIpc) is 3.20. The monoisotopic (exact) mass is 283 g/mol. The molecule has 1 aromatic rings. The van der Waals surface area contributed by atoms with Crippen LogP contribution in [0.1, 0.15) is 19.8 Å². The average molecular weight is 284 g/mol. The highest BCUT2D eigenvalue weighted by Crippen LogP contribution is 2.29. The van der Waals surface area contributed by atoms with Crippen molar-refractivity contribution in [2.24, 2.45) is 5.92 Å². The van der Waals surface area contributed by atoms with E-state index >= 15 is 0 Å². The van der Waals surface area contributed by atoms with E-state index < -0.39 is 6.10 Å². The smallest absolute Gasteiger partial charge is 0.253 e. The Morgan fingerprint density at radius 3 is 2.84 bits per heavy atom. The Kier molecular flexibility index (Phi) is 4.66. The Morgan fingerprint density at radius 2 is 2.26 bits per heavy atom. The molecular weight excluding hydrogens is 266 g/mol. The molecule has 0 saturated heterocycles. The summed E-state index contributed by atoms with van der Waals surface area (Å²) in [7, 11) is 1.55. The molecule has 1 unspecified atom stereocenters. The summed E-state index contributed by atoms with van der Waals surface area (Å²) in [6.45, 7) is 2.42. The van der Waals surface area contributed by atoms with Crippen LogP contribution in [-0.4, -0.2) is 25.7 Å². The number of rotatable bonds is 6.